The quantitative estimate of drug-likeness (QED) is 0.355. The number of hydrogen-bond donors (Lipinski definition) is 0. The summed E-state index contributed by atoms with van der Waals surface area (Å²) in [4.78, 5) is 40.2. The molecular formula is C27H30ClF2N3O5. The van der Waals surface area contributed by atoms with Gasteiger partial charge in [0.1, 0.15) is 24.8 Å². The molecule has 2 heterocycles. The highest BCUT2D eigenvalue weighted by atomic mass is 35.5. The maximum atomic E-state index is 13.8. The molecule has 1 aromatic heterocycles. The summed E-state index contributed by atoms with van der Waals surface area (Å²) >= 11 is 6.38. The van der Waals surface area contributed by atoms with Gasteiger partial charge >= 0.3 is 5.69 Å². The summed E-state index contributed by atoms with van der Waals surface area (Å²) in [6.07, 6.45) is 0.475. The number of nitrogens with zero attached hydrogens (tertiary/aromatic N) is 3. The van der Waals surface area contributed by atoms with E-state index in [-0.39, 0.29) is 29.8 Å². The Labute approximate surface area is 223 Å². The van der Waals surface area contributed by atoms with Gasteiger partial charge in [-0.05, 0) is 62.6 Å². The predicted molar refractivity (Wildman–Crippen MR) is 141 cm³/mol. The van der Waals surface area contributed by atoms with E-state index in [0.29, 0.717) is 47.8 Å². The van der Waals surface area contributed by atoms with E-state index < -0.39 is 30.7 Å². The number of benzene rings is 2. The van der Waals surface area contributed by atoms with Crippen LogP contribution in [0.1, 0.15) is 38.3 Å². The number of rotatable bonds is 10. The molecule has 1 aliphatic rings. The highest BCUT2D eigenvalue weighted by Gasteiger charge is 2.25. The molecule has 1 amide bonds. The maximum absolute atomic E-state index is 13.8. The monoisotopic (exact) mass is 549 g/mol. The molecule has 0 bridgehead atoms. The van der Waals surface area contributed by atoms with E-state index in [1.807, 2.05) is 13.8 Å². The van der Waals surface area contributed by atoms with Gasteiger partial charge in [0.25, 0.3) is 5.56 Å². The zero-order valence-electron chi connectivity index (χ0n) is 21.2. The third-order valence-electron chi connectivity index (χ3n) is 6.50. The van der Waals surface area contributed by atoms with Crippen LogP contribution in [0.2, 0.25) is 5.02 Å². The van der Waals surface area contributed by atoms with Gasteiger partial charge in [-0.15, -0.1) is 0 Å². The van der Waals surface area contributed by atoms with Gasteiger partial charge in [-0.3, -0.25) is 18.7 Å². The molecule has 0 spiro atoms. The summed E-state index contributed by atoms with van der Waals surface area (Å²) in [5.74, 6) is 0.619. The molecule has 0 unspecified atom stereocenters. The Morgan fingerprint density at radius 2 is 1.76 bits per heavy atom. The van der Waals surface area contributed by atoms with Gasteiger partial charge in [-0.1, -0.05) is 17.7 Å². The molecule has 1 fully saturated rings. The highest BCUT2D eigenvalue weighted by Crippen LogP contribution is 2.28. The summed E-state index contributed by atoms with van der Waals surface area (Å²) < 4.78 is 39.9. The van der Waals surface area contributed by atoms with Crippen LogP contribution in [0, 0.1) is 0 Å². The van der Waals surface area contributed by atoms with Crippen LogP contribution in [-0.2, 0) is 11.3 Å². The van der Waals surface area contributed by atoms with Crippen LogP contribution < -0.4 is 20.7 Å². The first-order valence-electron chi connectivity index (χ1n) is 12.5. The number of piperidine rings is 1. The molecule has 8 nitrogen and oxygen atoms in total. The van der Waals surface area contributed by atoms with Crippen molar-refractivity contribution in [1.82, 2.24) is 14.0 Å². The number of likely N-dealkylation sites (tertiary alicyclic amines) is 1. The smallest absolute Gasteiger partial charge is 0.332 e. The minimum atomic E-state index is -1.29. The Morgan fingerprint density at radius 3 is 2.37 bits per heavy atom. The van der Waals surface area contributed by atoms with E-state index in [0.717, 1.165) is 11.0 Å². The second kappa shape index (κ2) is 12.0. The average molecular weight is 550 g/mol. The number of fused-ring (bicyclic) bond motifs is 1. The number of carbonyl (C=O) groups is 1. The van der Waals surface area contributed by atoms with Crippen molar-refractivity contribution in [3.05, 3.63) is 67.8 Å². The second-order valence-electron chi connectivity index (χ2n) is 9.58. The normalized spacial score (nSPS) is 14.4. The lowest BCUT2D eigenvalue weighted by atomic mass is 10.0. The van der Waals surface area contributed by atoms with Crippen molar-refractivity contribution in [2.24, 2.45) is 0 Å². The van der Waals surface area contributed by atoms with Gasteiger partial charge in [0, 0.05) is 19.1 Å². The van der Waals surface area contributed by atoms with Crippen LogP contribution >= 0.6 is 11.6 Å². The van der Waals surface area contributed by atoms with Crippen molar-refractivity contribution in [3.8, 4) is 11.5 Å². The summed E-state index contributed by atoms with van der Waals surface area (Å²) in [6, 6.07) is 9.29. The van der Waals surface area contributed by atoms with Crippen LogP contribution in [-0.4, -0.2) is 59.1 Å². The number of ether oxygens (including phenoxy) is 2. The van der Waals surface area contributed by atoms with Gasteiger partial charge in [-0.25, -0.2) is 13.6 Å². The Morgan fingerprint density at radius 1 is 1.05 bits per heavy atom. The van der Waals surface area contributed by atoms with E-state index in [9.17, 15) is 23.2 Å². The largest absolute Gasteiger partial charge is 0.489 e. The van der Waals surface area contributed by atoms with Gasteiger partial charge in [-0.2, -0.15) is 0 Å². The number of halogens is 3. The van der Waals surface area contributed by atoms with Crippen molar-refractivity contribution >= 4 is 28.9 Å². The fourth-order valence-corrected chi connectivity index (χ4v) is 4.90. The predicted octanol–water partition coefficient (Wildman–Crippen LogP) is 4.13. The van der Waals surface area contributed by atoms with Crippen LogP contribution in [0.15, 0.2) is 46.0 Å². The second-order valence-corrected chi connectivity index (χ2v) is 9.98. The Balaban J connectivity index is 1.82. The van der Waals surface area contributed by atoms with E-state index >= 15 is 0 Å². The molecule has 0 saturated carbocycles. The first kappa shape index (κ1) is 27.6. The molecule has 3 aromatic rings. The topological polar surface area (TPSA) is 82.8 Å². The summed E-state index contributed by atoms with van der Waals surface area (Å²) in [6.45, 7) is 2.61. The van der Waals surface area contributed by atoms with Crippen molar-refractivity contribution in [3.63, 3.8) is 0 Å². The van der Waals surface area contributed by atoms with Crippen LogP contribution in [0.5, 0.6) is 11.5 Å². The number of aromatic nitrogens is 2. The van der Waals surface area contributed by atoms with Crippen LogP contribution in [0.4, 0.5) is 8.78 Å². The lowest BCUT2D eigenvalue weighted by Crippen LogP contribution is -2.44. The fraction of sp³-hybridized carbons (Fsp3) is 0.444. The Hall–Kier alpha value is -3.40. The van der Waals surface area contributed by atoms with E-state index in [4.69, 9.17) is 21.1 Å². The third-order valence-corrected chi connectivity index (χ3v) is 6.80. The minimum absolute atomic E-state index is 0.0505. The molecule has 1 aliphatic heterocycles. The molecule has 0 N–H and O–H groups in total. The lowest BCUT2D eigenvalue weighted by molar-refractivity contribution is -0.119. The number of hydrogen-bond acceptors (Lipinski definition) is 5. The van der Waals surface area contributed by atoms with E-state index in [1.165, 1.54) is 12.1 Å². The van der Waals surface area contributed by atoms with Gasteiger partial charge in [0.2, 0.25) is 6.41 Å². The molecule has 38 heavy (non-hydrogen) atoms. The van der Waals surface area contributed by atoms with Gasteiger partial charge in [0.15, 0.2) is 6.10 Å². The molecule has 1 saturated heterocycles. The maximum Gasteiger partial charge on any atom is 0.332 e. The van der Waals surface area contributed by atoms with Crippen molar-refractivity contribution in [1.29, 1.82) is 0 Å². The molecule has 0 radical (unpaired) electrons. The standard InChI is InChI=1S/C27H30ClF2N3O5/c1-17(2)37-25-6-3-18(11-23(25)28)15-32-26(35)22-12-20(38-21(13-29)14-30)4-5-24(22)33(27(32)36)19-7-9-31(16-34)10-8-19/h3-6,11-12,16-17,19,21H,7-10,13-15H2,1-2H3. The van der Waals surface area contributed by atoms with Crippen molar-refractivity contribution < 1.29 is 23.0 Å². The number of alkyl halides is 2. The number of carbonyl (C=O) groups excluding carboxylic acids is 1. The first-order valence-corrected chi connectivity index (χ1v) is 12.9. The SMILES string of the molecule is CC(C)Oc1ccc(Cn2c(=O)c3cc(OC(CF)CF)ccc3n(C3CCN(C=O)CC3)c2=O)cc1Cl. The zero-order chi connectivity index (χ0) is 27.4. The molecular weight excluding hydrogens is 520 g/mol. The minimum Gasteiger partial charge on any atom is -0.489 e. The summed E-state index contributed by atoms with van der Waals surface area (Å²) in [5.41, 5.74) is -0.0457. The zero-order valence-corrected chi connectivity index (χ0v) is 22.0. The van der Waals surface area contributed by atoms with Crippen LogP contribution in [0.3, 0.4) is 0 Å². The molecule has 0 aliphatic carbocycles. The van der Waals surface area contributed by atoms with Gasteiger partial charge in [0.05, 0.1) is 28.6 Å². The Kier molecular flexibility index (Phi) is 8.71. The van der Waals surface area contributed by atoms with Crippen molar-refractivity contribution in [2.75, 3.05) is 26.4 Å². The summed E-state index contributed by atoms with van der Waals surface area (Å²) in [5, 5.41) is 0.535. The van der Waals surface area contributed by atoms with Crippen LogP contribution in [0.25, 0.3) is 10.9 Å². The average Bonchev–Trinajstić information content (AvgIpc) is 2.91. The highest BCUT2D eigenvalue weighted by molar-refractivity contribution is 6.32. The third kappa shape index (κ3) is 5.85. The fourth-order valence-electron chi connectivity index (χ4n) is 4.65. The van der Waals surface area contributed by atoms with E-state index in [1.54, 1.807) is 33.7 Å². The molecule has 4 rings (SSSR count). The first-order chi connectivity index (χ1) is 18.2. The molecule has 11 heteroatoms. The molecule has 204 valence electrons. The lowest BCUT2D eigenvalue weighted by Gasteiger charge is -2.31. The van der Waals surface area contributed by atoms with Gasteiger partial charge < -0.3 is 14.4 Å². The van der Waals surface area contributed by atoms with E-state index in [2.05, 4.69) is 0 Å². The molecule has 0 atom stereocenters. The summed E-state index contributed by atoms with van der Waals surface area (Å²) in [7, 11) is 0. The number of amides is 1. The van der Waals surface area contributed by atoms with Crippen molar-refractivity contribution in [2.45, 2.75) is 51.5 Å². The Bertz CT molecular complexity index is 1410. The molecule has 2 aromatic carbocycles.